The van der Waals surface area contributed by atoms with Crippen LogP contribution in [0.1, 0.15) is 89.8 Å². The lowest BCUT2D eigenvalue weighted by Gasteiger charge is -2.35. The van der Waals surface area contributed by atoms with E-state index in [2.05, 4.69) is 68.8 Å². The number of rotatable bonds is 12. The molecule has 2 aromatic heterocycles. The molecule has 1 saturated heterocycles. The van der Waals surface area contributed by atoms with E-state index in [0.717, 1.165) is 83.8 Å². The molecule has 6 rings (SSSR count). The highest BCUT2D eigenvalue weighted by Crippen LogP contribution is 2.39. The maximum Gasteiger partial charge on any atom is 0.407 e. The fraction of sp³-hybridized carbons (Fsp3) is 0.476. The number of hydrogen-bond donors (Lipinski definition) is 3. The number of H-pyrrole nitrogens is 2. The maximum absolute atomic E-state index is 13.7. The first kappa shape index (κ1) is 39.2. The van der Waals surface area contributed by atoms with Crippen LogP contribution < -0.4 is 5.32 Å². The highest BCUT2D eigenvalue weighted by atomic mass is 16.5. The highest BCUT2D eigenvalue weighted by molar-refractivity contribution is 5.87. The molecule has 3 heterocycles. The normalized spacial score (nSPS) is 19.0. The summed E-state index contributed by atoms with van der Waals surface area (Å²) in [5, 5.41) is 2.70. The minimum Gasteiger partial charge on any atom is -0.468 e. The van der Waals surface area contributed by atoms with Crippen LogP contribution in [-0.2, 0) is 23.9 Å². The number of ether oxygens (including phenoxy) is 2. The molecule has 0 radical (unpaired) electrons. The molecular weight excluding hydrogens is 699 g/mol. The van der Waals surface area contributed by atoms with Crippen molar-refractivity contribution in [1.29, 1.82) is 0 Å². The van der Waals surface area contributed by atoms with Crippen molar-refractivity contribution in [3.8, 4) is 33.6 Å². The lowest BCUT2D eigenvalue weighted by molar-refractivity contribution is -0.150. The summed E-state index contributed by atoms with van der Waals surface area (Å²) < 4.78 is 9.62. The fourth-order valence-corrected chi connectivity index (χ4v) is 7.89. The van der Waals surface area contributed by atoms with Gasteiger partial charge in [-0.25, -0.2) is 14.8 Å². The average Bonchev–Trinajstić information content (AvgIpc) is 4.00. The van der Waals surface area contributed by atoms with Crippen molar-refractivity contribution in [1.82, 2.24) is 35.1 Å². The smallest absolute Gasteiger partial charge is 0.407 e. The third-order valence-corrected chi connectivity index (χ3v) is 11.0. The number of nitrogens with zero attached hydrogens (tertiary/aromatic N) is 4. The molecule has 292 valence electrons. The fourth-order valence-electron chi connectivity index (χ4n) is 7.89. The Morgan fingerprint density at radius 2 is 1.35 bits per heavy atom. The van der Waals surface area contributed by atoms with Gasteiger partial charge in [-0.15, -0.1) is 0 Å². The molecule has 55 heavy (non-hydrogen) atoms. The second-order valence-corrected chi connectivity index (χ2v) is 15.2. The minimum atomic E-state index is -0.685. The standard InChI is InChI=1S/C42H53N7O6/c1-25(2)37(47-42(53)55-6)41(52)48-21-9-12-35(48)39-44-23-34(46-39)30-19-15-28(16-20-30)27-13-17-29(18-14-27)33-22-43-38(45-33)31-10-7-8-11-32(31)40(51)49(26(3)4)24-36(50)54-5/h13-20,22-23,25-26,31-32,35,37H,7-12,21,24H2,1-6H3,(H,43,45)(H,44,46)(H,47,53)/t31-,32+,35-,37?/m0/s1. The zero-order valence-corrected chi connectivity index (χ0v) is 32.6. The first-order valence-corrected chi connectivity index (χ1v) is 19.3. The summed E-state index contributed by atoms with van der Waals surface area (Å²) in [7, 11) is 2.63. The Labute approximate surface area is 322 Å². The average molecular weight is 752 g/mol. The number of amides is 3. The lowest BCUT2D eigenvalue weighted by atomic mass is 9.77. The van der Waals surface area contributed by atoms with Crippen molar-refractivity contribution in [3.63, 3.8) is 0 Å². The summed E-state index contributed by atoms with van der Waals surface area (Å²) in [6, 6.07) is 15.6. The van der Waals surface area contributed by atoms with Crippen LogP contribution in [0.25, 0.3) is 33.6 Å². The third kappa shape index (κ3) is 8.76. The van der Waals surface area contributed by atoms with E-state index in [0.29, 0.717) is 6.54 Å². The van der Waals surface area contributed by atoms with Gasteiger partial charge in [-0.05, 0) is 67.7 Å². The van der Waals surface area contributed by atoms with Crippen molar-refractivity contribution >= 4 is 23.9 Å². The monoisotopic (exact) mass is 751 g/mol. The van der Waals surface area contributed by atoms with Crippen LogP contribution in [-0.4, -0.2) is 93.0 Å². The number of aromatic nitrogens is 4. The molecule has 4 aromatic rings. The van der Waals surface area contributed by atoms with Crippen LogP contribution in [0, 0.1) is 11.8 Å². The molecule has 1 unspecified atom stereocenters. The van der Waals surface area contributed by atoms with Crippen molar-refractivity contribution in [3.05, 3.63) is 72.6 Å². The number of methoxy groups -OCH3 is 2. The van der Waals surface area contributed by atoms with Gasteiger partial charge < -0.3 is 34.6 Å². The van der Waals surface area contributed by atoms with Gasteiger partial charge in [-0.1, -0.05) is 75.2 Å². The number of aromatic amines is 2. The zero-order chi connectivity index (χ0) is 39.2. The molecule has 2 fully saturated rings. The van der Waals surface area contributed by atoms with Crippen LogP contribution in [0.4, 0.5) is 4.79 Å². The van der Waals surface area contributed by atoms with Gasteiger partial charge in [-0.2, -0.15) is 0 Å². The van der Waals surface area contributed by atoms with Crippen LogP contribution in [0.3, 0.4) is 0 Å². The number of benzene rings is 2. The van der Waals surface area contributed by atoms with E-state index in [1.165, 1.54) is 14.2 Å². The Morgan fingerprint density at radius 1 is 0.782 bits per heavy atom. The quantitative estimate of drug-likeness (QED) is 0.132. The van der Waals surface area contributed by atoms with Crippen molar-refractivity contribution in [2.45, 2.75) is 90.3 Å². The van der Waals surface area contributed by atoms with Gasteiger partial charge in [0.1, 0.15) is 24.2 Å². The molecule has 13 nitrogen and oxygen atoms in total. The van der Waals surface area contributed by atoms with E-state index in [9.17, 15) is 19.2 Å². The van der Waals surface area contributed by atoms with Crippen molar-refractivity contribution in [2.75, 3.05) is 27.3 Å². The topological polar surface area (TPSA) is 163 Å². The number of likely N-dealkylation sites (tertiary alicyclic amines) is 1. The molecule has 13 heteroatoms. The second kappa shape index (κ2) is 17.3. The lowest BCUT2D eigenvalue weighted by Crippen LogP contribution is -2.51. The van der Waals surface area contributed by atoms with Gasteiger partial charge >= 0.3 is 12.1 Å². The predicted octanol–water partition coefficient (Wildman–Crippen LogP) is 6.86. The van der Waals surface area contributed by atoms with Crippen molar-refractivity contribution in [2.24, 2.45) is 11.8 Å². The molecule has 1 aliphatic carbocycles. The summed E-state index contributed by atoms with van der Waals surface area (Å²) >= 11 is 0. The molecule has 2 aliphatic rings. The molecule has 0 spiro atoms. The minimum absolute atomic E-state index is 0.0232. The Balaban J connectivity index is 1.11. The van der Waals surface area contributed by atoms with Crippen molar-refractivity contribution < 1.29 is 28.7 Å². The van der Waals surface area contributed by atoms with Crippen LogP contribution >= 0.6 is 0 Å². The molecule has 1 aliphatic heterocycles. The predicted molar refractivity (Wildman–Crippen MR) is 208 cm³/mol. The number of carbonyl (C=O) groups excluding carboxylic acids is 4. The Kier molecular flexibility index (Phi) is 12.4. The summed E-state index contributed by atoms with van der Waals surface area (Å²) in [4.78, 5) is 71.1. The molecule has 0 bridgehead atoms. The number of alkyl carbamates (subject to hydrolysis) is 1. The molecule has 3 N–H and O–H groups in total. The van der Waals surface area contributed by atoms with E-state index in [4.69, 9.17) is 14.5 Å². The number of imidazole rings is 2. The van der Waals surface area contributed by atoms with Gasteiger partial charge in [0.05, 0.1) is 44.0 Å². The van der Waals surface area contributed by atoms with E-state index < -0.39 is 18.1 Å². The van der Waals surface area contributed by atoms with E-state index >= 15 is 0 Å². The van der Waals surface area contributed by atoms with Crippen LogP contribution in [0.2, 0.25) is 0 Å². The number of esters is 1. The van der Waals surface area contributed by atoms with Gasteiger partial charge in [0, 0.05) is 24.4 Å². The van der Waals surface area contributed by atoms with E-state index in [1.807, 2.05) is 38.8 Å². The Bertz CT molecular complexity index is 1950. The number of carbonyl (C=O) groups is 4. The maximum atomic E-state index is 13.7. The number of hydrogen-bond acceptors (Lipinski definition) is 8. The first-order valence-electron chi connectivity index (χ1n) is 19.3. The van der Waals surface area contributed by atoms with Gasteiger partial charge in [0.15, 0.2) is 0 Å². The van der Waals surface area contributed by atoms with Gasteiger partial charge in [0.2, 0.25) is 11.8 Å². The van der Waals surface area contributed by atoms with Gasteiger partial charge in [0.25, 0.3) is 0 Å². The Hall–Kier alpha value is -5.46. The molecule has 2 aromatic carbocycles. The number of nitrogens with one attached hydrogen (secondary N) is 3. The van der Waals surface area contributed by atoms with Gasteiger partial charge in [-0.3, -0.25) is 14.4 Å². The SMILES string of the molecule is COC(=O)CN(C(=O)[C@@H]1CCCC[C@@H]1c1ncc(-c2ccc(-c3ccc(-c4cnc([C@@H]5CCCN5C(=O)C(NC(=O)OC)C(C)C)[nH]4)cc3)cc2)[nH]1)C(C)C. The summed E-state index contributed by atoms with van der Waals surface area (Å²) in [5.74, 6) is 0.546. The summed E-state index contributed by atoms with van der Waals surface area (Å²) in [6.45, 7) is 8.19. The second-order valence-electron chi connectivity index (χ2n) is 15.2. The molecule has 1 saturated carbocycles. The van der Waals surface area contributed by atoms with Crippen LogP contribution in [0.15, 0.2) is 60.9 Å². The Morgan fingerprint density at radius 3 is 1.91 bits per heavy atom. The largest absolute Gasteiger partial charge is 0.468 e. The summed E-state index contributed by atoms with van der Waals surface area (Å²) in [6.07, 6.45) is 8.26. The molecular formula is C42H53N7O6. The zero-order valence-electron chi connectivity index (χ0n) is 32.6. The van der Waals surface area contributed by atoms with E-state index in [1.54, 1.807) is 11.1 Å². The van der Waals surface area contributed by atoms with E-state index in [-0.39, 0.29) is 48.2 Å². The molecule has 3 amide bonds. The first-order chi connectivity index (χ1) is 26.5. The highest BCUT2D eigenvalue weighted by Gasteiger charge is 2.39. The van der Waals surface area contributed by atoms with Crippen LogP contribution in [0.5, 0.6) is 0 Å². The third-order valence-electron chi connectivity index (χ3n) is 11.0. The molecule has 4 atom stereocenters. The summed E-state index contributed by atoms with van der Waals surface area (Å²) in [5.41, 5.74) is 5.86.